The standard InChI is InChI=1S/C12H14N2O2/c1-9-4-3-5-10(8-13)12(9)14(2)7-6-11(15)16/h3-5H,6-7H2,1-2H3,(H,15,16). The Hall–Kier alpha value is -2.02. The molecule has 0 aliphatic heterocycles. The molecule has 0 saturated heterocycles. The molecule has 84 valence electrons. The molecule has 0 unspecified atom stereocenters. The highest BCUT2D eigenvalue weighted by atomic mass is 16.4. The minimum atomic E-state index is -0.834. The number of carbonyl (C=O) groups is 1. The van der Waals surface area contributed by atoms with E-state index in [1.807, 2.05) is 24.0 Å². The van der Waals surface area contributed by atoms with Crippen LogP contribution in [-0.2, 0) is 4.79 Å². The van der Waals surface area contributed by atoms with E-state index in [-0.39, 0.29) is 6.42 Å². The SMILES string of the molecule is Cc1cccc(C#N)c1N(C)CCC(=O)O. The molecule has 0 aromatic heterocycles. The molecule has 0 bridgehead atoms. The van der Waals surface area contributed by atoms with Crippen LogP contribution in [0.25, 0.3) is 0 Å². The second-order valence-electron chi connectivity index (χ2n) is 3.65. The van der Waals surface area contributed by atoms with Crippen molar-refractivity contribution in [1.82, 2.24) is 0 Å². The topological polar surface area (TPSA) is 64.3 Å². The summed E-state index contributed by atoms with van der Waals surface area (Å²) in [6, 6.07) is 7.58. The summed E-state index contributed by atoms with van der Waals surface area (Å²) >= 11 is 0. The molecule has 0 fully saturated rings. The highest BCUT2D eigenvalue weighted by Gasteiger charge is 2.10. The fraction of sp³-hybridized carbons (Fsp3) is 0.333. The second kappa shape index (κ2) is 5.17. The smallest absolute Gasteiger partial charge is 0.305 e. The first-order valence-corrected chi connectivity index (χ1v) is 4.99. The van der Waals surface area contributed by atoms with E-state index in [2.05, 4.69) is 6.07 Å². The molecule has 1 aromatic carbocycles. The first-order chi connectivity index (χ1) is 7.56. The number of rotatable bonds is 4. The van der Waals surface area contributed by atoms with Gasteiger partial charge in [-0.15, -0.1) is 0 Å². The molecular formula is C12H14N2O2. The third-order valence-electron chi connectivity index (χ3n) is 2.40. The van der Waals surface area contributed by atoms with Crippen molar-refractivity contribution in [3.05, 3.63) is 29.3 Å². The van der Waals surface area contributed by atoms with Gasteiger partial charge in [0.1, 0.15) is 6.07 Å². The van der Waals surface area contributed by atoms with Crippen LogP contribution < -0.4 is 4.90 Å². The quantitative estimate of drug-likeness (QED) is 0.836. The minimum absolute atomic E-state index is 0.0652. The number of aliphatic carboxylic acids is 1. The average molecular weight is 218 g/mol. The third-order valence-corrected chi connectivity index (χ3v) is 2.40. The highest BCUT2D eigenvalue weighted by molar-refractivity contribution is 5.69. The minimum Gasteiger partial charge on any atom is -0.481 e. The maximum absolute atomic E-state index is 10.5. The molecule has 0 radical (unpaired) electrons. The zero-order valence-electron chi connectivity index (χ0n) is 9.40. The van der Waals surface area contributed by atoms with Crippen LogP contribution in [0.2, 0.25) is 0 Å². The zero-order chi connectivity index (χ0) is 12.1. The largest absolute Gasteiger partial charge is 0.481 e. The van der Waals surface area contributed by atoms with Crippen LogP contribution in [0, 0.1) is 18.3 Å². The van der Waals surface area contributed by atoms with Crippen LogP contribution in [0.3, 0.4) is 0 Å². The lowest BCUT2D eigenvalue weighted by atomic mass is 10.1. The number of hydrogen-bond donors (Lipinski definition) is 1. The number of aryl methyl sites for hydroxylation is 1. The predicted octanol–water partition coefficient (Wildman–Crippen LogP) is 1.78. The Labute approximate surface area is 94.7 Å². The van der Waals surface area contributed by atoms with Gasteiger partial charge in [-0.2, -0.15) is 5.26 Å². The van der Waals surface area contributed by atoms with E-state index in [9.17, 15) is 4.79 Å². The molecule has 16 heavy (non-hydrogen) atoms. The van der Waals surface area contributed by atoms with Gasteiger partial charge in [-0.05, 0) is 18.6 Å². The van der Waals surface area contributed by atoms with Gasteiger partial charge in [-0.25, -0.2) is 0 Å². The fourth-order valence-electron chi connectivity index (χ4n) is 1.63. The lowest BCUT2D eigenvalue weighted by molar-refractivity contribution is -0.136. The maximum atomic E-state index is 10.5. The summed E-state index contributed by atoms with van der Waals surface area (Å²) in [5.41, 5.74) is 2.37. The first kappa shape index (κ1) is 12.1. The molecular weight excluding hydrogens is 204 g/mol. The van der Waals surface area contributed by atoms with Gasteiger partial charge in [0, 0.05) is 13.6 Å². The Morgan fingerprint density at radius 1 is 1.56 bits per heavy atom. The molecule has 0 amide bonds. The Morgan fingerprint density at radius 2 is 2.25 bits per heavy atom. The Balaban J connectivity index is 2.94. The number of hydrogen-bond acceptors (Lipinski definition) is 3. The molecule has 4 heteroatoms. The monoisotopic (exact) mass is 218 g/mol. The normalized spacial score (nSPS) is 9.56. The van der Waals surface area contributed by atoms with Gasteiger partial charge < -0.3 is 10.0 Å². The highest BCUT2D eigenvalue weighted by Crippen LogP contribution is 2.23. The van der Waals surface area contributed by atoms with E-state index >= 15 is 0 Å². The van der Waals surface area contributed by atoms with Gasteiger partial charge >= 0.3 is 5.97 Å². The molecule has 0 spiro atoms. The van der Waals surface area contributed by atoms with E-state index in [1.165, 1.54) is 0 Å². The van der Waals surface area contributed by atoms with Crippen molar-refractivity contribution in [1.29, 1.82) is 5.26 Å². The van der Waals surface area contributed by atoms with Gasteiger partial charge in [0.05, 0.1) is 17.7 Å². The molecule has 0 saturated carbocycles. The predicted molar refractivity (Wildman–Crippen MR) is 61.4 cm³/mol. The van der Waals surface area contributed by atoms with E-state index in [0.29, 0.717) is 12.1 Å². The second-order valence-corrected chi connectivity index (χ2v) is 3.65. The van der Waals surface area contributed by atoms with Crippen LogP contribution >= 0.6 is 0 Å². The summed E-state index contributed by atoms with van der Waals surface area (Å²) in [6.45, 7) is 2.31. The van der Waals surface area contributed by atoms with E-state index < -0.39 is 5.97 Å². The van der Waals surface area contributed by atoms with E-state index in [0.717, 1.165) is 11.3 Å². The number of carboxylic acid groups (broad SMARTS) is 1. The Kier molecular flexibility index (Phi) is 3.90. The molecule has 0 heterocycles. The molecule has 0 atom stereocenters. The van der Waals surface area contributed by atoms with Crippen LogP contribution in [0.5, 0.6) is 0 Å². The maximum Gasteiger partial charge on any atom is 0.305 e. The van der Waals surface area contributed by atoms with Crippen molar-refractivity contribution in [3.63, 3.8) is 0 Å². The first-order valence-electron chi connectivity index (χ1n) is 4.99. The van der Waals surface area contributed by atoms with Gasteiger partial charge in [0.2, 0.25) is 0 Å². The van der Waals surface area contributed by atoms with Gasteiger partial charge in [0.25, 0.3) is 0 Å². The van der Waals surface area contributed by atoms with E-state index in [1.54, 1.807) is 13.1 Å². The van der Waals surface area contributed by atoms with Crippen molar-refractivity contribution in [2.24, 2.45) is 0 Å². The summed E-state index contributed by atoms with van der Waals surface area (Å²) in [5, 5.41) is 17.6. The number of benzene rings is 1. The number of nitrogens with zero attached hydrogens (tertiary/aromatic N) is 2. The van der Waals surface area contributed by atoms with Crippen molar-refractivity contribution in [3.8, 4) is 6.07 Å². The summed E-state index contributed by atoms with van der Waals surface area (Å²) in [4.78, 5) is 12.3. The lowest BCUT2D eigenvalue weighted by Gasteiger charge is -2.21. The van der Waals surface area contributed by atoms with Gasteiger partial charge in [-0.1, -0.05) is 12.1 Å². The lowest BCUT2D eigenvalue weighted by Crippen LogP contribution is -2.22. The summed E-state index contributed by atoms with van der Waals surface area (Å²) < 4.78 is 0. The van der Waals surface area contributed by atoms with E-state index in [4.69, 9.17) is 10.4 Å². The molecule has 1 aromatic rings. The number of anilines is 1. The fourth-order valence-corrected chi connectivity index (χ4v) is 1.63. The van der Waals surface area contributed by atoms with Gasteiger partial charge in [0.15, 0.2) is 0 Å². The summed E-state index contributed by atoms with van der Waals surface area (Å²) in [7, 11) is 1.80. The molecule has 0 aliphatic carbocycles. The van der Waals surface area contributed by atoms with Crippen LogP contribution in [0.1, 0.15) is 17.5 Å². The number of para-hydroxylation sites is 1. The van der Waals surface area contributed by atoms with Crippen LogP contribution in [-0.4, -0.2) is 24.7 Å². The number of nitriles is 1. The Bertz CT molecular complexity index is 435. The van der Waals surface area contributed by atoms with Gasteiger partial charge in [-0.3, -0.25) is 4.79 Å². The third kappa shape index (κ3) is 2.74. The van der Waals surface area contributed by atoms with Crippen molar-refractivity contribution >= 4 is 11.7 Å². The molecule has 1 N–H and O–H groups in total. The molecule has 1 rings (SSSR count). The average Bonchev–Trinajstić information content (AvgIpc) is 2.25. The van der Waals surface area contributed by atoms with Crippen molar-refractivity contribution in [2.45, 2.75) is 13.3 Å². The van der Waals surface area contributed by atoms with Crippen molar-refractivity contribution < 1.29 is 9.90 Å². The summed E-state index contributed by atoms with van der Waals surface area (Å²) in [5.74, 6) is -0.834. The Morgan fingerprint density at radius 3 is 2.81 bits per heavy atom. The van der Waals surface area contributed by atoms with Crippen LogP contribution in [0.4, 0.5) is 5.69 Å². The number of carboxylic acids is 1. The van der Waals surface area contributed by atoms with Crippen molar-refractivity contribution in [2.75, 3.05) is 18.5 Å². The molecule has 4 nitrogen and oxygen atoms in total. The summed E-state index contributed by atoms with van der Waals surface area (Å²) in [6.07, 6.45) is 0.0652. The van der Waals surface area contributed by atoms with Crippen LogP contribution in [0.15, 0.2) is 18.2 Å². The molecule has 0 aliphatic rings. The zero-order valence-corrected chi connectivity index (χ0v) is 9.40.